The molecule has 0 bridgehead atoms. The van der Waals surface area contributed by atoms with E-state index in [1.807, 2.05) is 87.5 Å². The number of carbonyl (C=O) groups excluding carboxylic acids is 2. The van der Waals surface area contributed by atoms with Gasteiger partial charge in [-0.2, -0.15) is 0 Å². The summed E-state index contributed by atoms with van der Waals surface area (Å²) >= 11 is 0. The van der Waals surface area contributed by atoms with Crippen LogP contribution < -0.4 is 9.62 Å². The van der Waals surface area contributed by atoms with Crippen LogP contribution in [0.4, 0.5) is 5.69 Å². The number of anilines is 1. The third-order valence-electron chi connectivity index (χ3n) is 7.81. The van der Waals surface area contributed by atoms with Crippen LogP contribution in [-0.2, 0) is 32.6 Å². The van der Waals surface area contributed by atoms with Gasteiger partial charge in [0.05, 0.1) is 10.6 Å². The number of nitrogens with zero attached hydrogens (tertiary/aromatic N) is 2. The van der Waals surface area contributed by atoms with Gasteiger partial charge in [-0.3, -0.25) is 13.9 Å². The predicted octanol–water partition coefficient (Wildman–Crippen LogP) is 6.36. The molecule has 0 aliphatic rings. The molecular weight excluding hydrogens is 582 g/mol. The molecule has 4 aromatic rings. The first-order valence-corrected chi connectivity index (χ1v) is 16.9. The van der Waals surface area contributed by atoms with Gasteiger partial charge in [-0.15, -0.1) is 0 Å². The second-order valence-corrected chi connectivity index (χ2v) is 13.3. The molecule has 2 amide bonds. The largest absolute Gasteiger partial charge is 0.354 e. The van der Waals surface area contributed by atoms with E-state index in [2.05, 4.69) is 12.2 Å². The minimum Gasteiger partial charge on any atom is -0.354 e. The van der Waals surface area contributed by atoms with Crippen LogP contribution in [0.5, 0.6) is 0 Å². The van der Waals surface area contributed by atoms with Crippen molar-refractivity contribution in [3.63, 3.8) is 0 Å². The highest BCUT2D eigenvalue weighted by Gasteiger charge is 2.35. The molecule has 0 fully saturated rings. The zero-order valence-corrected chi connectivity index (χ0v) is 27.4. The molecule has 0 aromatic heterocycles. The quantitative estimate of drug-likeness (QED) is 0.165. The summed E-state index contributed by atoms with van der Waals surface area (Å²) in [5, 5.41) is 3.03. The van der Waals surface area contributed by atoms with E-state index in [0.29, 0.717) is 17.8 Å². The van der Waals surface area contributed by atoms with Crippen LogP contribution in [0.2, 0.25) is 0 Å². The lowest BCUT2D eigenvalue weighted by atomic mass is 10.0. The number of hydrogen-bond donors (Lipinski definition) is 1. The van der Waals surface area contributed by atoms with Gasteiger partial charge in [-0.05, 0) is 62.1 Å². The van der Waals surface area contributed by atoms with Crippen LogP contribution in [0.1, 0.15) is 47.6 Å². The minimum atomic E-state index is -4.14. The fraction of sp³-hybridized carbons (Fsp3) is 0.297. The van der Waals surface area contributed by atoms with Crippen molar-refractivity contribution < 1.29 is 18.0 Å². The van der Waals surface area contributed by atoms with Gasteiger partial charge in [-0.25, -0.2) is 8.42 Å². The highest BCUT2D eigenvalue weighted by Crippen LogP contribution is 2.28. The van der Waals surface area contributed by atoms with E-state index in [4.69, 9.17) is 0 Å². The van der Waals surface area contributed by atoms with E-state index in [9.17, 15) is 18.0 Å². The number of sulfonamides is 1. The van der Waals surface area contributed by atoms with E-state index in [1.54, 1.807) is 41.3 Å². The van der Waals surface area contributed by atoms with Gasteiger partial charge in [0, 0.05) is 19.5 Å². The molecule has 0 aliphatic carbocycles. The number of hydrogen-bond acceptors (Lipinski definition) is 4. The third-order valence-corrected chi connectivity index (χ3v) is 9.58. The Labute approximate surface area is 268 Å². The molecule has 1 atom stereocenters. The molecule has 4 aromatic carbocycles. The van der Waals surface area contributed by atoms with Gasteiger partial charge < -0.3 is 10.2 Å². The third kappa shape index (κ3) is 8.82. The molecule has 8 heteroatoms. The van der Waals surface area contributed by atoms with Crippen LogP contribution in [0.15, 0.2) is 108 Å². The standard InChI is InChI=1S/C37H43N3O4S/c1-5-6-23-38-37(42)35(25-31-15-8-7-9-16-31)39(26-32-17-12-13-29(3)24-32)36(41)27-40(34-18-11-10-14-30(34)4)45(43,44)33-21-19-28(2)20-22-33/h7-22,24,35H,5-6,23,25-27H2,1-4H3,(H,38,42)/t35-/m0/s1. The molecule has 0 heterocycles. The fourth-order valence-corrected chi connectivity index (χ4v) is 6.74. The van der Waals surface area contributed by atoms with Gasteiger partial charge in [0.25, 0.3) is 10.0 Å². The smallest absolute Gasteiger partial charge is 0.264 e. The van der Waals surface area contributed by atoms with E-state index >= 15 is 0 Å². The second kappa shape index (κ2) is 15.5. The lowest BCUT2D eigenvalue weighted by Crippen LogP contribution is -2.53. The molecule has 45 heavy (non-hydrogen) atoms. The number of rotatable bonds is 14. The molecule has 0 aliphatic heterocycles. The normalized spacial score (nSPS) is 11.9. The Morgan fingerprint density at radius 2 is 1.44 bits per heavy atom. The monoisotopic (exact) mass is 625 g/mol. The number of nitrogens with one attached hydrogen (secondary N) is 1. The van der Waals surface area contributed by atoms with E-state index in [0.717, 1.165) is 35.1 Å². The van der Waals surface area contributed by atoms with Crippen LogP contribution in [0.25, 0.3) is 0 Å². The van der Waals surface area contributed by atoms with Crippen LogP contribution >= 0.6 is 0 Å². The van der Waals surface area contributed by atoms with Crippen molar-refractivity contribution in [3.05, 3.63) is 131 Å². The van der Waals surface area contributed by atoms with Crippen molar-refractivity contribution in [3.8, 4) is 0 Å². The number of benzene rings is 4. The van der Waals surface area contributed by atoms with Gasteiger partial charge in [-0.1, -0.05) is 109 Å². The van der Waals surface area contributed by atoms with Gasteiger partial charge >= 0.3 is 0 Å². The van der Waals surface area contributed by atoms with Crippen molar-refractivity contribution in [2.45, 2.75) is 64.4 Å². The Bertz CT molecular complexity index is 1690. The average molecular weight is 626 g/mol. The van der Waals surface area contributed by atoms with Crippen molar-refractivity contribution in [1.29, 1.82) is 0 Å². The lowest BCUT2D eigenvalue weighted by molar-refractivity contribution is -0.140. The predicted molar refractivity (Wildman–Crippen MR) is 180 cm³/mol. The Hall–Kier alpha value is -4.43. The van der Waals surface area contributed by atoms with Gasteiger partial charge in [0.1, 0.15) is 12.6 Å². The summed E-state index contributed by atoms with van der Waals surface area (Å²) in [4.78, 5) is 30.0. The summed E-state index contributed by atoms with van der Waals surface area (Å²) in [6.45, 7) is 7.90. The summed E-state index contributed by atoms with van der Waals surface area (Å²) in [5.74, 6) is -0.737. The highest BCUT2D eigenvalue weighted by atomic mass is 32.2. The van der Waals surface area contributed by atoms with Gasteiger partial charge in [0.2, 0.25) is 11.8 Å². The molecule has 0 spiro atoms. The summed E-state index contributed by atoms with van der Waals surface area (Å²) in [6, 6.07) is 30.2. The molecule has 4 rings (SSSR count). The van der Waals surface area contributed by atoms with Crippen LogP contribution in [0, 0.1) is 20.8 Å². The molecule has 0 unspecified atom stereocenters. The molecule has 0 saturated carbocycles. The average Bonchev–Trinajstić information content (AvgIpc) is 3.02. The second-order valence-electron chi connectivity index (χ2n) is 11.5. The topological polar surface area (TPSA) is 86.8 Å². The van der Waals surface area contributed by atoms with Crippen molar-refractivity contribution in [2.75, 3.05) is 17.4 Å². The van der Waals surface area contributed by atoms with Crippen LogP contribution in [0.3, 0.4) is 0 Å². The lowest BCUT2D eigenvalue weighted by Gasteiger charge is -2.34. The maximum Gasteiger partial charge on any atom is 0.264 e. The van der Waals surface area contributed by atoms with Crippen LogP contribution in [-0.4, -0.2) is 44.3 Å². The number of amides is 2. The first-order chi connectivity index (χ1) is 21.6. The molecular formula is C37H43N3O4S. The fourth-order valence-electron chi connectivity index (χ4n) is 5.26. The summed E-state index contributed by atoms with van der Waals surface area (Å²) in [7, 11) is -4.14. The van der Waals surface area contributed by atoms with Crippen molar-refractivity contribution >= 4 is 27.5 Å². The van der Waals surface area contributed by atoms with Crippen molar-refractivity contribution in [2.24, 2.45) is 0 Å². The molecule has 236 valence electrons. The Kier molecular flexibility index (Phi) is 11.5. The number of carbonyl (C=O) groups is 2. The highest BCUT2D eigenvalue weighted by molar-refractivity contribution is 7.92. The first-order valence-electron chi connectivity index (χ1n) is 15.4. The molecule has 7 nitrogen and oxygen atoms in total. The van der Waals surface area contributed by atoms with E-state index in [-0.39, 0.29) is 23.8 Å². The molecule has 1 N–H and O–H groups in total. The number of para-hydroxylation sites is 1. The van der Waals surface area contributed by atoms with Gasteiger partial charge in [0.15, 0.2) is 0 Å². The number of aryl methyl sites for hydroxylation is 3. The van der Waals surface area contributed by atoms with E-state index in [1.165, 1.54) is 4.31 Å². The SMILES string of the molecule is CCCCNC(=O)[C@H](Cc1ccccc1)N(Cc1cccc(C)c1)C(=O)CN(c1ccccc1C)S(=O)(=O)c1ccc(C)cc1. The minimum absolute atomic E-state index is 0.0903. The van der Waals surface area contributed by atoms with Crippen molar-refractivity contribution in [1.82, 2.24) is 10.2 Å². The summed E-state index contributed by atoms with van der Waals surface area (Å²) in [6.07, 6.45) is 2.01. The Morgan fingerprint density at radius 1 is 0.778 bits per heavy atom. The number of unbranched alkanes of at least 4 members (excludes halogenated alkanes) is 1. The summed E-state index contributed by atoms with van der Waals surface area (Å²) < 4.78 is 29.6. The molecule has 0 saturated heterocycles. The molecule has 0 radical (unpaired) electrons. The zero-order chi connectivity index (χ0) is 32.4. The first kappa shape index (κ1) is 33.5. The Balaban J connectivity index is 1.80. The maximum atomic E-state index is 14.6. The maximum absolute atomic E-state index is 14.6. The summed E-state index contributed by atoms with van der Waals surface area (Å²) in [5.41, 5.74) is 4.83. The Morgan fingerprint density at radius 3 is 2.11 bits per heavy atom. The van der Waals surface area contributed by atoms with E-state index < -0.39 is 28.5 Å². The zero-order valence-electron chi connectivity index (χ0n) is 26.6.